The highest BCUT2D eigenvalue weighted by Crippen LogP contribution is 2.36. The molecule has 1 aliphatic heterocycles. The zero-order chi connectivity index (χ0) is 19.0. The molecule has 1 aromatic carbocycles. The number of aryl methyl sites for hydroxylation is 1. The lowest BCUT2D eigenvalue weighted by molar-refractivity contribution is -0.890. The number of nitrogen functional groups attached to an aromatic ring is 1. The molecule has 0 spiro atoms. The highest BCUT2D eigenvalue weighted by Gasteiger charge is 2.44. The van der Waals surface area contributed by atoms with Crippen molar-refractivity contribution in [3.8, 4) is 0 Å². The summed E-state index contributed by atoms with van der Waals surface area (Å²) in [4.78, 5) is 34.3. The van der Waals surface area contributed by atoms with E-state index in [1.54, 1.807) is 21.1 Å². The molecule has 25 heavy (non-hydrogen) atoms. The zero-order valence-electron chi connectivity index (χ0n) is 15.0. The molecule has 140 valence electrons. The van der Waals surface area contributed by atoms with Gasteiger partial charge in [-0.25, -0.2) is 4.79 Å². The molecule has 0 bridgehead atoms. The van der Waals surface area contributed by atoms with E-state index in [-0.39, 0.29) is 10.4 Å². The van der Waals surface area contributed by atoms with Crippen molar-refractivity contribution in [2.45, 2.75) is 19.4 Å². The van der Waals surface area contributed by atoms with Crippen molar-refractivity contribution >= 4 is 25.2 Å². The number of quaternary nitrogens is 1. The maximum absolute atomic E-state index is 12.3. The number of likely N-dealkylation sites (N-methyl/N-ethyl adjacent to an activating group) is 1. The van der Waals surface area contributed by atoms with Crippen LogP contribution in [0.25, 0.3) is 0 Å². The summed E-state index contributed by atoms with van der Waals surface area (Å²) in [5, 5.41) is 0. The lowest BCUT2D eigenvalue weighted by Gasteiger charge is -2.36. The maximum Gasteiger partial charge on any atom is 0.371 e. The van der Waals surface area contributed by atoms with E-state index in [1.807, 2.05) is 25.1 Å². The van der Waals surface area contributed by atoms with Gasteiger partial charge in [0, 0.05) is 30.4 Å². The number of hydrogen-bond acceptors (Lipinski definition) is 6. The first-order valence-electron chi connectivity index (χ1n) is 8.08. The van der Waals surface area contributed by atoms with Crippen LogP contribution in [-0.4, -0.2) is 55.6 Å². The lowest BCUT2D eigenvalue weighted by Crippen LogP contribution is -2.55. The van der Waals surface area contributed by atoms with Crippen molar-refractivity contribution in [3.63, 3.8) is 0 Å². The average Bonchev–Trinajstić information content (AvgIpc) is 2.87. The van der Waals surface area contributed by atoms with Gasteiger partial charge in [-0.15, -0.1) is 0 Å². The highest BCUT2D eigenvalue weighted by atomic mass is 31.2. The first kappa shape index (κ1) is 19.7. The van der Waals surface area contributed by atoms with Crippen LogP contribution >= 0.6 is 7.82 Å². The number of phosphoric acid groups is 1. The monoisotopic (exact) mass is 371 g/mol. The predicted octanol–water partition coefficient (Wildman–Crippen LogP) is 0.482. The fourth-order valence-electron chi connectivity index (χ4n) is 3.44. The Bertz CT molecular complexity index is 698. The molecule has 1 saturated heterocycles. The first-order chi connectivity index (χ1) is 11.4. The molecule has 1 aliphatic rings. The normalized spacial score (nSPS) is 21.7. The van der Waals surface area contributed by atoms with Crippen molar-refractivity contribution in [1.29, 1.82) is 0 Å². The van der Waals surface area contributed by atoms with Crippen LogP contribution < -0.4 is 15.5 Å². The van der Waals surface area contributed by atoms with Crippen molar-refractivity contribution in [1.82, 2.24) is 0 Å². The third-order valence-electron chi connectivity index (χ3n) is 4.57. The van der Waals surface area contributed by atoms with E-state index in [0.717, 1.165) is 23.5 Å². The van der Waals surface area contributed by atoms with Crippen LogP contribution in [0.15, 0.2) is 18.2 Å². The standard InChI is InChI=1S/C16H26N3O5P/c1-11-9-13(5-6-14(11)17)18-8-7-12(10-18)15(19(2,3)4)16(20)24-25(21,22)23/h5-6,9,12,15H,7-8,10,17H2,1-4H3,(H-,21,22,23). The largest absolute Gasteiger partial charge is 0.746 e. The van der Waals surface area contributed by atoms with Gasteiger partial charge in [0.05, 0.1) is 21.1 Å². The van der Waals surface area contributed by atoms with Gasteiger partial charge in [0.2, 0.25) is 0 Å². The number of rotatable bonds is 5. The molecule has 3 atom stereocenters. The van der Waals surface area contributed by atoms with Crippen molar-refractivity contribution in [2.24, 2.45) is 5.92 Å². The SMILES string of the molecule is Cc1cc(N2CCC(C(C(=O)OP(=O)([O-])O)[N+](C)(C)C)C2)ccc1N. The molecule has 0 saturated carbocycles. The quantitative estimate of drug-likeness (QED) is 0.439. The molecule has 3 unspecified atom stereocenters. The van der Waals surface area contributed by atoms with E-state index in [1.165, 1.54) is 0 Å². The second-order valence-electron chi connectivity index (χ2n) is 7.48. The average molecular weight is 371 g/mol. The van der Waals surface area contributed by atoms with Gasteiger partial charge in [-0.2, -0.15) is 0 Å². The molecule has 8 nitrogen and oxygen atoms in total. The Hall–Kier alpha value is -1.60. The molecule has 1 heterocycles. The molecule has 3 N–H and O–H groups in total. The van der Waals surface area contributed by atoms with Gasteiger partial charge in [-0.3, -0.25) is 4.57 Å². The molecule has 1 aromatic rings. The van der Waals surface area contributed by atoms with Crippen LogP contribution in [0.4, 0.5) is 11.4 Å². The maximum atomic E-state index is 12.3. The summed E-state index contributed by atoms with van der Waals surface area (Å²) in [6.45, 7) is 3.27. The van der Waals surface area contributed by atoms with Gasteiger partial charge in [0.15, 0.2) is 6.04 Å². The number of phosphoric ester groups is 1. The predicted molar refractivity (Wildman–Crippen MR) is 93.6 cm³/mol. The molecule has 0 amide bonds. The second kappa shape index (κ2) is 6.96. The number of carbonyl (C=O) groups is 1. The summed E-state index contributed by atoms with van der Waals surface area (Å²) in [5.41, 5.74) is 8.58. The van der Waals surface area contributed by atoms with Crippen LogP contribution in [0.5, 0.6) is 0 Å². The summed E-state index contributed by atoms with van der Waals surface area (Å²) in [6.07, 6.45) is 0.716. The van der Waals surface area contributed by atoms with Crippen LogP contribution in [0.2, 0.25) is 0 Å². The smallest absolute Gasteiger partial charge is 0.371 e. The Morgan fingerprint density at radius 3 is 2.64 bits per heavy atom. The lowest BCUT2D eigenvalue weighted by atomic mass is 9.96. The molecular weight excluding hydrogens is 345 g/mol. The van der Waals surface area contributed by atoms with E-state index in [0.29, 0.717) is 13.0 Å². The Labute approximate surface area is 148 Å². The van der Waals surface area contributed by atoms with E-state index in [2.05, 4.69) is 9.42 Å². The summed E-state index contributed by atoms with van der Waals surface area (Å²) in [7, 11) is 0.294. The topological polar surface area (TPSA) is 116 Å². The van der Waals surface area contributed by atoms with Gasteiger partial charge >= 0.3 is 13.8 Å². The number of anilines is 2. The highest BCUT2D eigenvalue weighted by molar-refractivity contribution is 7.45. The van der Waals surface area contributed by atoms with Gasteiger partial charge < -0.3 is 29.4 Å². The third kappa shape index (κ3) is 4.95. The van der Waals surface area contributed by atoms with E-state index in [4.69, 9.17) is 10.6 Å². The molecule has 2 rings (SSSR count). The molecular formula is C16H26N3O5P. The van der Waals surface area contributed by atoms with Gasteiger partial charge in [-0.1, -0.05) is 0 Å². The van der Waals surface area contributed by atoms with Gasteiger partial charge in [0.1, 0.15) is 0 Å². The zero-order valence-corrected chi connectivity index (χ0v) is 15.9. The third-order valence-corrected chi connectivity index (χ3v) is 4.98. The minimum absolute atomic E-state index is 0.100. The minimum Gasteiger partial charge on any atom is -0.746 e. The molecule has 1 fully saturated rings. The van der Waals surface area contributed by atoms with Crippen LogP contribution in [0, 0.1) is 12.8 Å². The first-order valence-corrected chi connectivity index (χ1v) is 9.57. The van der Waals surface area contributed by atoms with Crippen LogP contribution in [0.3, 0.4) is 0 Å². The van der Waals surface area contributed by atoms with Crippen LogP contribution in [0.1, 0.15) is 12.0 Å². The Kier molecular flexibility index (Phi) is 5.49. The van der Waals surface area contributed by atoms with Gasteiger partial charge in [-0.05, 0) is 37.1 Å². The molecule has 9 heteroatoms. The van der Waals surface area contributed by atoms with Crippen LogP contribution in [-0.2, 0) is 13.9 Å². The number of carbonyl (C=O) groups excluding carboxylic acids is 1. The fourth-order valence-corrected chi connectivity index (χ4v) is 3.78. The molecule has 0 aliphatic carbocycles. The Balaban J connectivity index is 2.19. The summed E-state index contributed by atoms with van der Waals surface area (Å²) in [5.74, 6) is -1.02. The van der Waals surface area contributed by atoms with E-state index < -0.39 is 19.8 Å². The number of nitrogens with two attached hydrogens (primary N) is 1. The summed E-state index contributed by atoms with van der Waals surface area (Å²) in [6, 6.07) is 5.08. The minimum atomic E-state index is -5.11. The summed E-state index contributed by atoms with van der Waals surface area (Å²) < 4.78 is 15.4. The van der Waals surface area contributed by atoms with Crippen molar-refractivity contribution < 1.29 is 28.2 Å². The number of nitrogens with zero attached hydrogens (tertiary/aromatic N) is 2. The molecule has 0 aromatic heterocycles. The Morgan fingerprint density at radius 2 is 2.12 bits per heavy atom. The van der Waals surface area contributed by atoms with Crippen molar-refractivity contribution in [2.75, 3.05) is 44.9 Å². The molecule has 0 radical (unpaired) electrons. The Morgan fingerprint density at radius 1 is 1.48 bits per heavy atom. The number of benzene rings is 1. The number of hydrogen-bond donors (Lipinski definition) is 2. The van der Waals surface area contributed by atoms with E-state index in [9.17, 15) is 14.3 Å². The van der Waals surface area contributed by atoms with Gasteiger partial charge in [0.25, 0.3) is 0 Å². The summed E-state index contributed by atoms with van der Waals surface area (Å²) >= 11 is 0. The fraction of sp³-hybridized carbons (Fsp3) is 0.562. The van der Waals surface area contributed by atoms with E-state index >= 15 is 0 Å². The van der Waals surface area contributed by atoms with Crippen molar-refractivity contribution in [3.05, 3.63) is 23.8 Å². The second-order valence-corrected chi connectivity index (χ2v) is 8.60.